The second-order valence-electron chi connectivity index (χ2n) is 6.44. The lowest BCUT2D eigenvalue weighted by Crippen LogP contribution is -2.45. The van der Waals surface area contributed by atoms with Crippen molar-refractivity contribution in [3.8, 4) is 0 Å². The topological polar surface area (TPSA) is 125 Å². The van der Waals surface area contributed by atoms with Gasteiger partial charge in [0.1, 0.15) is 6.54 Å². The van der Waals surface area contributed by atoms with Gasteiger partial charge in [-0.25, -0.2) is 4.98 Å². The number of aromatic nitrogens is 2. The minimum atomic E-state index is -0.717. The van der Waals surface area contributed by atoms with Crippen LogP contribution in [0.2, 0.25) is 0 Å². The fourth-order valence-electron chi connectivity index (χ4n) is 3.07. The second kappa shape index (κ2) is 7.98. The summed E-state index contributed by atoms with van der Waals surface area (Å²) in [5, 5.41) is 0.398. The highest BCUT2D eigenvalue weighted by Gasteiger charge is 2.27. The number of carbonyl (C=O) groups is 3. The molecule has 0 saturated carbocycles. The van der Waals surface area contributed by atoms with Crippen molar-refractivity contribution in [2.45, 2.75) is 19.4 Å². The molecule has 3 rings (SSSR count). The minimum Gasteiger partial charge on any atom is -0.454 e. The summed E-state index contributed by atoms with van der Waals surface area (Å²) in [4.78, 5) is 53.4. The van der Waals surface area contributed by atoms with E-state index in [4.69, 9.17) is 10.5 Å². The fourth-order valence-corrected chi connectivity index (χ4v) is 3.07. The van der Waals surface area contributed by atoms with Crippen LogP contribution in [0.4, 0.5) is 0 Å². The van der Waals surface area contributed by atoms with E-state index in [1.807, 2.05) is 0 Å². The Balaban J connectivity index is 1.57. The van der Waals surface area contributed by atoms with E-state index in [1.165, 1.54) is 11.2 Å². The van der Waals surface area contributed by atoms with Gasteiger partial charge in [0.05, 0.1) is 23.1 Å². The van der Waals surface area contributed by atoms with Gasteiger partial charge < -0.3 is 15.4 Å². The molecule has 9 heteroatoms. The normalized spacial score (nSPS) is 16.9. The van der Waals surface area contributed by atoms with E-state index in [2.05, 4.69) is 4.98 Å². The van der Waals surface area contributed by atoms with E-state index in [0.717, 1.165) is 4.57 Å². The molecular weight excluding hydrogens is 352 g/mol. The molecule has 2 amide bonds. The summed E-state index contributed by atoms with van der Waals surface area (Å²) in [7, 11) is 0. The van der Waals surface area contributed by atoms with Crippen molar-refractivity contribution >= 4 is 28.7 Å². The van der Waals surface area contributed by atoms with Gasteiger partial charge in [-0.2, -0.15) is 0 Å². The molecule has 1 aromatic carbocycles. The number of piperidine rings is 1. The summed E-state index contributed by atoms with van der Waals surface area (Å²) in [5.41, 5.74) is 5.47. The molecule has 9 nitrogen and oxygen atoms in total. The standard InChI is InChI=1S/C18H20N4O5/c19-17(25)12-4-3-7-21(8-12)15(23)10-27-16(24)9-22-11-20-14-6-2-1-5-13(14)18(22)26/h1-2,5-6,11-12H,3-4,7-10H2,(H2,19,25)/t12-/m0/s1. The quantitative estimate of drug-likeness (QED) is 0.716. The Labute approximate surface area is 154 Å². The van der Waals surface area contributed by atoms with Crippen molar-refractivity contribution in [2.24, 2.45) is 11.7 Å². The Morgan fingerprint density at radius 1 is 1.26 bits per heavy atom. The van der Waals surface area contributed by atoms with Crippen LogP contribution in [-0.2, 0) is 25.7 Å². The number of rotatable bonds is 5. The summed E-state index contributed by atoms with van der Waals surface area (Å²) in [6.45, 7) is -0.0537. The third-order valence-electron chi connectivity index (χ3n) is 4.56. The molecule has 1 aliphatic rings. The maximum atomic E-state index is 12.3. The summed E-state index contributed by atoms with van der Waals surface area (Å²) >= 11 is 0. The molecule has 0 radical (unpaired) electrons. The average Bonchev–Trinajstić information content (AvgIpc) is 2.68. The molecule has 0 spiro atoms. The predicted octanol–water partition coefficient (Wildman–Crippen LogP) is -0.336. The average molecular weight is 372 g/mol. The van der Waals surface area contributed by atoms with Crippen LogP contribution in [0, 0.1) is 5.92 Å². The Hall–Kier alpha value is -3.23. The molecule has 142 valence electrons. The number of carbonyl (C=O) groups excluding carboxylic acids is 3. The van der Waals surface area contributed by atoms with Crippen LogP contribution in [0.5, 0.6) is 0 Å². The molecule has 27 heavy (non-hydrogen) atoms. The molecule has 1 aliphatic heterocycles. The molecule has 0 aliphatic carbocycles. The Kier molecular flexibility index (Phi) is 5.49. The van der Waals surface area contributed by atoms with Gasteiger partial charge in [-0.3, -0.25) is 23.7 Å². The van der Waals surface area contributed by atoms with Crippen LogP contribution in [0.3, 0.4) is 0 Å². The lowest BCUT2D eigenvalue weighted by Gasteiger charge is -2.31. The first kappa shape index (κ1) is 18.6. The number of esters is 1. The molecule has 1 fully saturated rings. The van der Waals surface area contributed by atoms with Gasteiger partial charge in [0, 0.05) is 13.1 Å². The number of primary amides is 1. The van der Waals surface area contributed by atoms with Crippen molar-refractivity contribution in [1.82, 2.24) is 14.5 Å². The number of nitrogens with two attached hydrogens (primary N) is 1. The fraction of sp³-hybridized carbons (Fsp3) is 0.389. The van der Waals surface area contributed by atoms with E-state index in [0.29, 0.717) is 30.3 Å². The van der Waals surface area contributed by atoms with Gasteiger partial charge >= 0.3 is 5.97 Å². The molecule has 1 aromatic heterocycles. The number of nitrogens with zero attached hydrogens (tertiary/aromatic N) is 3. The molecule has 2 heterocycles. The minimum absolute atomic E-state index is 0.236. The highest BCUT2D eigenvalue weighted by molar-refractivity contribution is 5.82. The summed E-state index contributed by atoms with van der Waals surface area (Å²) in [6.07, 6.45) is 2.60. The smallest absolute Gasteiger partial charge is 0.326 e. The van der Waals surface area contributed by atoms with Crippen molar-refractivity contribution in [2.75, 3.05) is 19.7 Å². The SMILES string of the molecule is NC(=O)[C@H]1CCCN(C(=O)COC(=O)Cn2cnc3ccccc3c2=O)C1. The molecule has 2 N–H and O–H groups in total. The first-order valence-corrected chi connectivity index (χ1v) is 8.62. The zero-order chi connectivity index (χ0) is 19.4. The Morgan fingerprint density at radius 3 is 2.81 bits per heavy atom. The van der Waals surface area contributed by atoms with Crippen LogP contribution in [0.1, 0.15) is 12.8 Å². The Bertz CT molecular complexity index is 939. The molecular formula is C18H20N4O5. The maximum absolute atomic E-state index is 12.3. The van der Waals surface area contributed by atoms with Crippen LogP contribution < -0.4 is 11.3 Å². The molecule has 2 aromatic rings. The monoisotopic (exact) mass is 372 g/mol. The van der Waals surface area contributed by atoms with Crippen molar-refractivity contribution < 1.29 is 19.1 Å². The maximum Gasteiger partial charge on any atom is 0.326 e. The second-order valence-corrected chi connectivity index (χ2v) is 6.44. The van der Waals surface area contributed by atoms with Gasteiger partial charge in [0.2, 0.25) is 5.91 Å². The summed E-state index contributed by atoms with van der Waals surface area (Å²) in [5.74, 6) is -1.92. The summed E-state index contributed by atoms with van der Waals surface area (Å²) in [6, 6.07) is 6.81. The number of ether oxygens (including phenoxy) is 1. The highest BCUT2D eigenvalue weighted by Crippen LogP contribution is 2.16. The van der Waals surface area contributed by atoms with E-state index in [1.54, 1.807) is 24.3 Å². The third kappa shape index (κ3) is 4.30. The van der Waals surface area contributed by atoms with Gasteiger partial charge in [0.25, 0.3) is 11.5 Å². The number of hydrogen-bond donors (Lipinski definition) is 1. The lowest BCUT2D eigenvalue weighted by atomic mass is 9.97. The zero-order valence-corrected chi connectivity index (χ0v) is 14.7. The number of benzene rings is 1. The molecule has 0 unspecified atom stereocenters. The van der Waals surface area contributed by atoms with Gasteiger partial charge in [0.15, 0.2) is 6.61 Å². The third-order valence-corrected chi connectivity index (χ3v) is 4.56. The van der Waals surface area contributed by atoms with E-state index >= 15 is 0 Å². The Morgan fingerprint density at radius 2 is 2.04 bits per heavy atom. The number of amides is 2. The van der Waals surface area contributed by atoms with E-state index in [9.17, 15) is 19.2 Å². The highest BCUT2D eigenvalue weighted by atomic mass is 16.5. The number of hydrogen-bond acceptors (Lipinski definition) is 6. The number of fused-ring (bicyclic) bond motifs is 1. The van der Waals surface area contributed by atoms with Crippen molar-refractivity contribution in [3.05, 3.63) is 40.9 Å². The van der Waals surface area contributed by atoms with E-state index in [-0.39, 0.29) is 24.6 Å². The van der Waals surface area contributed by atoms with Crippen LogP contribution in [0.25, 0.3) is 10.9 Å². The largest absolute Gasteiger partial charge is 0.454 e. The first-order valence-electron chi connectivity index (χ1n) is 8.62. The zero-order valence-electron chi connectivity index (χ0n) is 14.7. The predicted molar refractivity (Wildman–Crippen MR) is 95.5 cm³/mol. The van der Waals surface area contributed by atoms with Gasteiger partial charge in [-0.05, 0) is 25.0 Å². The van der Waals surface area contributed by atoms with E-state index < -0.39 is 24.4 Å². The van der Waals surface area contributed by atoms with Gasteiger partial charge in [-0.1, -0.05) is 12.1 Å². The van der Waals surface area contributed by atoms with Crippen LogP contribution in [-0.4, -0.2) is 51.9 Å². The number of para-hydroxylation sites is 1. The van der Waals surface area contributed by atoms with Crippen LogP contribution >= 0.6 is 0 Å². The van der Waals surface area contributed by atoms with Crippen molar-refractivity contribution in [3.63, 3.8) is 0 Å². The molecule has 0 bridgehead atoms. The first-order chi connectivity index (χ1) is 13.0. The lowest BCUT2D eigenvalue weighted by molar-refractivity contribution is -0.153. The van der Waals surface area contributed by atoms with Crippen LogP contribution in [0.15, 0.2) is 35.4 Å². The molecule has 1 atom stereocenters. The van der Waals surface area contributed by atoms with Crippen molar-refractivity contribution in [1.29, 1.82) is 0 Å². The van der Waals surface area contributed by atoms with Gasteiger partial charge in [-0.15, -0.1) is 0 Å². The summed E-state index contributed by atoms with van der Waals surface area (Å²) < 4.78 is 6.13. The number of likely N-dealkylation sites (tertiary alicyclic amines) is 1. The molecule has 1 saturated heterocycles.